The van der Waals surface area contributed by atoms with Gasteiger partial charge in [-0.2, -0.15) is 0 Å². The minimum Gasteiger partial charge on any atom is -0.400 e. The highest BCUT2D eigenvalue weighted by molar-refractivity contribution is 5.72. The highest BCUT2D eigenvalue weighted by atomic mass is 16.2. The van der Waals surface area contributed by atoms with Crippen molar-refractivity contribution in [1.29, 1.82) is 0 Å². The minimum absolute atomic E-state index is 0.167. The molecule has 0 heterocycles. The van der Waals surface area contributed by atoms with Crippen LogP contribution in [0.3, 0.4) is 0 Å². The van der Waals surface area contributed by atoms with E-state index in [4.69, 9.17) is 5.11 Å². The smallest absolute Gasteiger partial charge is 0.126 e. The molecule has 0 fully saturated rings. The van der Waals surface area contributed by atoms with Crippen molar-refractivity contribution in [3.8, 4) is 0 Å². The van der Waals surface area contributed by atoms with Crippen molar-refractivity contribution in [1.82, 2.24) is 0 Å². The largest absolute Gasteiger partial charge is 0.400 e. The first kappa shape index (κ1) is 16.1. The number of carbonyl (C=O) groups excluding carboxylic acids is 2. The van der Waals surface area contributed by atoms with Gasteiger partial charge < -0.3 is 14.7 Å². The Morgan fingerprint density at radius 3 is 0.800 bits per heavy atom. The van der Waals surface area contributed by atoms with Crippen LogP contribution in [0.15, 0.2) is 0 Å². The van der Waals surface area contributed by atoms with Crippen LogP contribution in [0.2, 0.25) is 0 Å². The normalized spacial score (nSPS) is 5.80. The third-order valence-electron chi connectivity index (χ3n) is 0. The molecule has 0 rings (SSSR count). The second-order valence-electron chi connectivity index (χ2n) is 1.82. The third-order valence-corrected chi connectivity index (χ3v) is 0. The molecule has 0 aliphatic rings. The molecule has 0 saturated carbocycles. The summed E-state index contributed by atoms with van der Waals surface area (Å²) in [5, 5.41) is 7.00. The molecule has 0 saturated heterocycles. The van der Waals surface area contributed by atoms with E-state index in [1.165, 1.54) is 27.7 Å². The first-order valence-electron chi connectivity index (χ1n) is 2.86. The summed E-state index contributed by atoms with van der Waals surface area (Å²) in [6.07, 6.45) is 0. The Morgan fingerprint density at radius 1 is 0.800 bits per heavy atom. The van der Waals surface area contributed by atoms with Gasteiger partial charge in [0.2, 0.25) is 0 Å². The molecule has 0 amide bonds. The van der Waals surface area contributed by atoms with Gasteiger partial charge in [-0.15, -0.1) is 0 Å². The van der Waals surface area contributed by atoms with Gasteiger partial charge in [-0.05, 0) is 27.7 Å². The van der Waals surface area contributed by atoms with Crippen molar-refractivity contribution in [2.75, 3.05) is 7.11 Å². The molecule has 0 aliphatic heterocycles. The molecule has 3 heteroatoms. The summed E-state index contributed by atoms with van der Waals surface area (Å²) in [5.74, 6) is 0.333. The fourth-order valence-electron chi connectivity index (χ4n) is 0. The average molecular weight is 148 g/mol. The number of aliphatic hydroxyl groups is 1. The van der Waals surface area contributed by atoms with E-state index in [1.807, 2.05) is 0 Å². The van der Waals surface area contributed by atoms with Crippen molar-refractivity contribution < 1.29 is 14.7 Å². The van der Waals surface area contributed by atoms with Gasteiger partial charge in [0.15, 0.2) is 0 Å². The topological polar surface area (TPSA) is 54.4 Å². The van der Waals surface area contributed by atoms with E-state index in [2.05, 4.69) is 0 Å². The van der Waals surface area contributed by atoms with Crippen LogP contribution in [0.4, 0.5) is 0 Å². The van der Waals surface area contributed by atoms with E-state index in [1.54, 1.807) is 0 Å². The molecular formula is C7H16O3. The zero-order valence-electron chi connectivity index (χ0n) is 7.26. The fraction of sp³-hybridized carbons (Fsp3) is 0.714. The highest BCUT2D eigenvalue weighted by Gasteiger charge is 1.62. The maximum absolute atomic E-state index is 9.44. The lowest BCUT2D eigenvalue weighted by Crippen LogP contribution is -1.69. The first-order valence-corrected chi connectivity index (χ1v) is 2.86. The Bertz CT molecular complexity index is 66.9. The predicted octanol–water partition coefficient (Wildman–Crippen LogP) is 0.799. The van der Waals surface area contributed by atoms with Crippen LogP contribution in [-0.4, -0.2) is 23.8 Å². The molecule has 0 aromatic rings. The molecule has 1 N–H and O–H groups in total. The summed E-state index contributed by atoms with van der Waals surface area (Å²) in [6, 6.07) is 0. The van der Waals surface area contributed by atoms with Crippen molar-refractivity contribution in [3.63, 3.8) is 0 Å². The van der Waals surface area contributed by atoms with Gasteiger partial charge in [-0.25, -0.2) is 0 Å². The van der Waals surface area contributed by atoms with E-state index in [0.29, 0.717) is 0 Å². The van der Waals surface area contributed by atoms with Gasteiger partial charge in [0.25, 0.3) is 0 Å². The van der Waals surface area contributed by atoms with Gasteiger partial charge in [-0.3, -0.25) is 0 Å². The number of hydrogen-bond donors (Lipinski definition) is 1. The van der Waals surface area contributed by atoms with E-state index in [9.17, 15) is 9.59 Å². The Hall–Kier alpha value is -0.700. The lowest BCUT2D eigenvalue weighted by atomic mass is 10.6. The van der Waals surface area contributed by atoms with Crippen molar-refractivity contribution in [3.05, 3.63) is 0 Å². The number of rotatable bonds is 0. The third kappa shape index (κ3) is 591. The minimum atomic E-state index is 0.167. The Morgan fingerprint density at radius 2 is 0.800 bits per heavy atom. The quantitative estimate of drug-likeness (QED) is 0.552. The summed E-state index contributed by atoms with van der Waals surface area (Å²) in [6.45, 7) is 6.11. The molecule has 0 bridgehead atoms. The van der Waals surface area contributed by atoms with E-state index in [0.717, 1.165) is 7.11 Å². The zero-order valence-corrected chi connectivity index (χ0v) is 7.26. The molecule has 0 atom stereocenters. The lowest BCUT2D eigenvalue weighted by Gasteiger charge is -1.56. The standard InChI is InChI=1S/2C3H6O.CH4O/c2*1-3(2)4;1-2/h2*1-2H3;2H,1H3. The number of Topliss-reactive ketones (excluding diaryl/α,β-unsaturated/α-hetero) is 2. The van der Waals surface area contributed by atoms with E-state index in [-0.39, 0.29) is 11.6 Å². The summed E-state index contributed by atoms with van der Waals surface area (Å²) in [4.78, 5) is 18.9. The molecule has 0 unspecified atom stereocenters. The molecule has 0 spiro atoms. The average Bonchev–Trinajstić information content (AvgIpc) is 1.66. The maximum atomic E-state index is 9.44. The first-order chi connectivity index (χ1) is 4.46. The second kappa shape index (κ2) is 15.7. The lowest BCUT2D eigenvalue weighted by molar-refractivity contribution is -0.115. The summed E-state index contributed by atoms with van der Waals surface area (Å²) in [5.41, 5.74) is 0. The van der Waals surface area contributed by atoms with Crippen LogP contribution in [0.5, 0.6) is 0 Å². The molecule has 0 radical (unpaired) electrons. The van der Waals surface area contributed by atoms with Gasteiger partial charge in [0, 0.05) is 7.11 Å². The van der Waals surface area contributed by atoms with Crippen molar-refractivity contribution >= 4 is 11.6 Å². The van der Waals surface area contributed by atoms with Gasteiger partial charge >= 0.3 is 0 Å². The molecule has 0 aromatic heterocycles. The van der Waals surface area contributed by atoms with Gasteiger partial charge in [0.1, 0.15) is 11.6 Å². The molecule has 0 aromatic carbocycles. The zero-order chi connectivity index (χ0) is 9.15. The van der Waals surface area contributed by atoms with Crippen LogP contribution >= 0.6 is 0 Å². The molecule has 62 valence electrons. The number of aliphatic hydroxyl groups excluding tert-OH is 1. The van der Waals surface area contributed by atoms with Gasteiger partial charge in [0.05, 0.1) is 0 Å². The number of carbonyl (C=O) groups is 2. The molecule has 3 nitrogen and oxygen atoms in total. The predicted molar refractivity (Wildman–Crippen MR) is 40.9 cm³/mol. The monoisotopic (exact) mass is 148 g/mol. The fourth-order valence-corrected chi connectivity index (χ4v) is 0. The Kier molecular flexibility index (Phi) is 25.4. The second-order valence-corrected chi connectivity index (χ2v) is 1.82. The van der Waals surface area contributed by atoms with Crippen molar-refractivity contribution in [2.24, 2.45) is 0 Å². The number of hydrogen-bond acceptors (Lipinski definition) is 3. The van der Waals surface area contributed by atoms with Gasteiger partial charge in [-0.1, -0.05) is 0 Å². The van der Waals surface area contributed by atoms with E-state index < -0.39 is 0 Å². The van der Waals surface area contributed by atoms with Crippen LogP contribution in [-0.2, 0) is 9.59 Å². The summed E-state index contributed by atoms with van der Waals surface area (Å²) >= 11 is 0. The molecular weight excluding hydrogens is 132 g/mol. The Labute approximate surface area is 62.1 Å². The molecule has 10 heavy (non-hydrogen) atoms. The van der Waals surface area contributed by atoms with Crippen LogP contribution in [0.1, 0.15) is 27.7 Å². The highest BCUT2D eigenvalue weighted by Crippen LogP contribution is 1.50. The Balaban J connectivity index is -0.0000000787. The van der Waals surface area contributed by atoms with Crippen LogP contribution < -0.4 is 0 Å². The van der Waals surface area contributed by atoms with Crippen LogP contribution in [0, 0.1) is 0 Å². The summed E-state index contributed by atoms with van der Waals surface area (Å²) < 4.78 is 0. The summed E-state index contributed by atoms with van der Waals surface area (Å²) in [7, 11) is 1.00. The molecule has 0 aliphatic carbocycles. The maximum Gasteiger partial charge on any atom is 0.126 e. The van der Waals surface area contributed by atoms with Crippen LogP contribution in [0.25, 0.3) is 0 Å². The van der Waals surface area contributed by atoms with Crippen molar-refractivity contribution in [2.45, 2.75) is 27.7 Å². The SMILES string of the molecule is CC(C)=O.CC(C)=O.CO. The number of ketones is 2. The van der Waals surface area contributed by atoms with E-state index >= 15 is 0 Å².